The number of aromatic nitrogens is 8. The van der Waals surface area contributed by atoms with Gasteiger partial charge in [0.1, 0.15) is 24.4 Å². The Morgan fingerprint density at radius 3 is 2.07 bits per heavy atom. The Balaban J connectivity index is 1.19. The molecule has 0 radical (unpaired) electrons. The maximum absolute atomic E-state index is 15.3. The summed E-state index contributed by atoms with van der Waals surface area (Å²) in [6, 6.07) is 0. The fraction of sp³-hybridized carbons (Fsp3) is 0.500. The molecule has 19 nitrogen and oxygen atoms in total. The minimum Gasteiger partial charge on any atom is -0.394 e. The number of imidazole rings is 2. The van der Waals surface area contributed by atoms with Gasteiger partial charge in [-0.1, -0.05) is 0 Å². The van der Waals surface area contributed by atoms with Crippen LogP contribution in [-0.4, -0.2) is 104 Å². The van der Waals surface area contributed by atoms with Crippen LogP contribution in [0.3, 0.4) is 0 Å². The summed E-state index contributed by atoms with van der Waals surface area (Å²) in [7, 11) is 0. The zero-order valence-corrected chi connectivity index (χ0v) is 23.1. The highest BCUT2D eigenvalue weighted by Crippen LogP contribution is 2.51. The molecule has 0 aromatic carbocycles. The van der Waals surface area contributed by atoms with Crippen LogP contribution < -0.4 is 22.6 Å². The number of ether oxygens (including phenoxy) is 2. The number of H-pyrrole nitrogens is 2. The molecule has 232 valence electrons. The quantitative estimate of drug-likeness (QED) is 0.100. The van der Waals surface area contributed by atoms with Gasteiger partial charge >= 0.3 is 6.72 Å². The number of nitrogens with zero attached hydrogens (tertiary/aromatic N) is 6. The maximum Gasteiger partial charge on any atom is 0.325 e. The number of aliphatic hydroxyl groups is 2. The minimum absolute atomic E-state index is 0.0837. The van der Waals surface area contributed by atoms with E-state index in [0.717, 1.165) is 21.8 Å². The molecule has 9 N–H and O–H groups in total. The van der Waals surface area contributed by atoms with Gasteiger partial charge in [-0.3, -0.25) is 33.2 Å². The lowest BCUT2D eigenvalue weighted by molar-refractivity contribution is -0.0558. The number of anilines is 2. The van der Waals surface area contributed by atoms with Gasteiger partial charge in [-0.25, -0.2) is 18.7 Å². The van der Waals surface area contributed by atoms with E-state index in [4.69, 9.17) is 41.8 Å². The van der Waals surface area contributed by atoms with Crippen molar-refractivity contribution >= 4 is 52.7 Å². The van der Waals surface area contributed by atoms with Crippen LogP contribution >= 0.6 is 6.72 Å². The summed E-state index contributed by atoms with van der Waals surface area (Å²) in [5, 5.41) is 20.1. The summed E-state index contributed by atoms with van der Waals surface area (Å²) in [6.45, 7) is -5.95. The Morgan fingerprint density at radius 2 is 1.51 bits per heavy atom. The van der Waals surface area contributed by atoms with Crippen molar-refractivity contribution in [3.63, 3.8) is 0 Å². The van der Waals surface area contributed by atoms with Crippen molar-refractivity contribution in [2.75, 3.05) is 24.7 Å². The molecular weight excluding hydrogens is 625 g/mol. The molecule has 9 atom stereocenters. The molecule has 6 heterocycles. The Bertz CT molecular complexity index is 1850. The summed E-state index contributed by atoms with van der Waals surface area (Å²) in [5.41, 5.74) is 9.36. The number of hydrogen-bond acceptors (Lipinski definition) is 15. The van der Waals surface area contributed by atoms with Crippen LogP contribution in [0.5, 0.6) is 0 Å². The number of nitrogens with one attached hydrogen (secondary N) is 2. The number of nitrogens with two attached hydrogens (primary N) is 2. The molecule has 6 rings (SSSR count). The number of fused-ring (bicyclic) bond motifs is 2. The van der Waals surface area contributed by atoms with E-state index in [0.29, 0.717) is 0 Å². The second-order valence-corrected chi connectivity index (χ2v) is 12.4. The monoisotopic (exact) mass is 648 g/mol. The molecule has 2 saturated heterocycles. The summed E-state index contributed by atoms with van der Waals surface area (Å²) >= 11 is 5.04. The largest absolute Gasteiger partial charge is 0.394 e. The third-order valence-corrected chi connectivity index (χ3v) is 8.40. The molecule has 43 heavy (non-hydrogen) atoms. The fourth-order valence-electron chi connectivity index (χ4n) is 4.86. The van der Waals surface area contributed by atoms with Crippen molar-refractivity contribution in [2.24, 2.45) is 0 Å². The minimum atomic E-state index is -4.40. The first-order chi connectivity index (χ1) is 20.4. The zero-order chi connectivity index (χ0) is 30.8. The molecule has 4 aromatic heterocycles. The first-order valence-corrected chi connectivity index (χ1v) is 15.0. The number of halogens is 2. The van der Waals surface area contributed by atoms with E-state index in [1.807, 2.05) is 0 Å². The number of alkyl halides is 2. The lowest BCUT2D eigenvalue weighted by Crippen LogP contribution is -2.33. The Labute approximate surface area is 241 Å². The van der Waals surface area contributed by atoms with Gasteiger partial charge in [0.05, 0.1) is 25.9 Å². The topological polar surface area (TPSA) is 277 Å². The van der Waals surface area contributed by atoms with Gasteiger partial charge < -0.3 is 40.6 Å². The smallest absolute Gasteiger partial charge is 0.325 e. The van der Waals surface area contributed by atoms with Gasteiger partial charge in [0.25, 0.3) is 11.1 Å². The van der Waals surface area contributed by atoms with Crippen LogP contribution in [0.1, 0.15) is 12.5 Å². The van der Waals surface area contributed by atoms with Crippen LogP contribution in [-0.2, 0) is 30.3 Å². The van der Waals surface area contributed by atoms with E-state index < -0.39 is 80.3 Å². The predicted octanol–water partition coefficient (Wildman–Crippen LogP) is -2.14. The molecule has 0 saturated carbocycles. The lowest BCUT2D eigenvalue weighted by atomic mass is 10.1. The highest BCUT2D eigenvalue weighted by Gasteiger charge is 2.51. The number of aromatic amines is 2. The van der Waals surface area contributed by atoms with E-state index >= 15 is 8.78 Å². The molecular formula is C20H23F2N10O9PS. The van der Waals surface area contributed by atoms with Gasteiger partial charge in [0.15, 0.2) is 47.1 Å². The average Bonchev–Trinajstić information content (AvgIpc) is 3.69. The van der Waals surface area contributed by atoms with Crippen molar-refractivity contribution in [1.29, 1.82) is 0 Å². The summed E-state index contributed by atoms with van der Waals surface area (Å²) in [5.74, 6) is -0.520. The van der Waals surface area contributed by atoms with E-state index in [-0.39, 0.29) is 34.2 Å². The van der Waals surface area contributed by atoms with Crippen LogP contribution in [0.4, 0.5) is 20.7 Å². The van der Waals surface area contributed by atoms with Crippen LogP contribution in [0, 0.1) is 0 Å². The maximum atomic E-state index is 15.3. The Hall–Kier alpha value is -3.47. The van der Waals surface area contributed by atoms with Crippen LogP contribution in [0.25, 0.3) is 22.3 Å². The van der Waals surface area contributed by atoms with Crippen molar-refractivity contribution in [3.05, 3.63) is 33.4 Å². The summed E-state index contributed by atoms with van der Waals surface area (Å²) < 4.78 is 54.4. The van der Waals surface area contributed by atoms with Gasteiger partial charge in [-0.05, 0) is 11.8 Å². The molecule has 2 aliphatic heterocycles. The number of aliphatic hydroxyl groups excluding tert-OH is 2. The molecule has 2 fully saturated rings. The highest BCUT2D eigenvalue weighted by atomic mass is 32.5. The third kappa shape index (κ3) is 5.19. The molecule has 4 aromatic rings. The first-order valence-electron chi connectivity index (χ1n) is 12.4. The van der Waals surface area contributed by atoms with Gasteiger partial charge in [-0.2, -0.15) is 9.97 Å². The second kappa shape index (κ2) is 10.9. The van der Waals surface area contributed by atoms with E-state index in [1.165, 1.54) is 0 Å². The van der Waals surface area contributed by atoms with E-state index in [1.54, 1.807) is 0 Å². The summed E-state index contributed by atoms with van der Waals surface area (Å²) in [4.78, 5) is 55.3. The standard InChI is InChI=1S/C20H23F2N10O9PS/c21-7-6(40-17(11(7)34)31-3-25-9-13(31)27-19(23)29-15(9)35)2-38-42(37,43)41-12-8(22)5(1-33)39-18(12)32-4-26-10-14(32)28-20(24)30-16(10)36/h3-8,11-12,17-18,33-34H,1-2H2,(H,37,43)(H3,23,27,29,35)(H3,24,28,30,36)/t5-,6-,7-,8-,11-,12-,17-,18-,42?/m1/s1. The van der Waals surface area contributed by atoms with Crippen LogP contribution in [0.15, 0.2) is 22.2 Å². The molecule has 23 heteroatoms. The zero-order valence-electron chi connectivity index (χ0n) is 21.4. The SMILES string of the molecule is Nc1nc2c(ncn2[C@@H]2O[C@H](COP(O)(=S)O[C@@H]3[C@H](F)[C@@H](CO)O[C@H]3n3cnc4c(=O)[nH]c(N)nc43)[C@@H](F)[C@H]2O)c(=O)[nH]1. The van der Waals surface area contributed by atoms with Gasteiger partial charge in [0, 0.05) is 0 Å². The number of hydrogen-bond donors (Lipinski definition) is 7. The fourth-order valence-corrected chi connectivity index (χ4v) is 6.27. The third-order valence-electron chi connectivity index (χ3n) is 6.84. The van der Waals surface area contributed by atoms with Crippen molar-refractivity contribution in [3.8, 4) is 0 Å². The Kier molecular flexibility index (Phi) is 7.51. The van der Waals surface area contributed by atoms with E-state index in [9.17, 15) is 24.7 Å². The molecule has 1 unspecified atom stereocenters. The van der Waals surface area contributed by atoms with Gasteiger partial charge in [-0.15, -0.1) is 0 Å². The normalized spacial score (nSPS) is 30.8. The number of rotatable bonds is 8. The molecule has 0 spiro atoms. The first kappa shape index (κ1) is 29.6. The van der Waals surface area contributed by atoms with Crippen molar-refractivity contribution in [1.82, 2.24) is 39.0 Å². The van der Waals surface area contributed by atoms with Crippen molar-refractivity contribution < 1.29 is 42.4 Å². The van der Waals surface area contributed by atoms with Crippen LogP contribution in [0.2, 0.25) is 0 Å². The van der Waals surface area contributed by atoms with E-state index in [2.05, 4.69) is 29.9 Å². The molecule has 0 aliphatic carbocycles. The lowest BCUT2D eigenvalue weighted by Gasteiger charge is -2.26. The Morgan fingerprint density at radius 1 is 0.977 bits per heavy atom. The van der Waals surface area contributed by atoms with Gasteiger partial charge in [0.2, 0.25) is 11.9 Å². The highest BCUT2D eigenvalue weighted by molar-refractivity contribution is 8.07. The molecule has 2 aliphatic rings. The molecule has 0 bridgehead atoms. The number of nitrogen functional groups attached to an aromatic ring is 2. The molecule has 0 amide bonds. The predicted molar refractivity (Wildman–Crippen MR) is 143 cm³/mol. The average molecular weight is 649 g/mol. The van der Waals surface area contributed by atoms with Crippen molar-refractivity contribution in [2.45, 2.75) is 49.2 Å². The second-order valence-electron chi connectivity index (χ2n) is 9.58. The summed E-state index contributed by atoms with van der Waals surface area (Å²) in [6.07, 6.45) is -11.3.